The molecule has 1 aliphatic rings. The second-order valence-electron chi connectivity index (χ2n) is 5.78. The fraction of sp³-hybridized carbons (Fsp3) is 0.600. The fourth-order valence-electron chi connectivity index (χ4n) is 2.65. The maximum atomic E-state index is 12.5. The molecule has 130 valence electrons. The van der Waals surface area contributed by atoms with Crippen LogP contribution in [0.3, 0.4) is 0 Å². The molecule has 1 fully saturated rings. The third-order valence-electron chi connectivity index (χ3n) is 4.12. The Bertz CT molecular complexity index is 652. The van der Waals surface area contributed by atoms with Crippen molar-refractivity contribution in [2.75, 3.05) is 39.9 Å². The van der Waals surface area contributed by atoms with Crippen LogP contribution < -0.4 is 4.72 Å². The predicted molar refractivity (Wildman–Crippen MR) is 92.8 cm³/mol. The smallest absolute Gasteiger partial charge is 0.242 e. The van der Waals surface area contributed by atoms with Crippen LogP contribution in [0, 0.1) is 12.8 Å². The summed E-state index contributed by atoms with van der Waals surface area (Å²) >= 11 is 12.1. The van der Waals surface area contributed by atoms with Gasteiger partial charge in [-0.3, -0.25) is 0 Å². The van der Waals surface area contributed by atoms with Gasteiger partial charge in [0.15, 0.2) is 0 Å². The highest BCUT2D eigenvalue weighted by molar-refractivity contribution is 7.89. The SMILES string of the molecule is COCCN1CCC(CNS(=O)(=O)c2ccc(Cl)c(C)c2Cl)C1. The molecule has 1 aromatic carbocycles. The summed E-state index contributed by atoms with van der Waals surface area (Å²) in [7, 11) is -1.96. The van der Waals surface area contributed by atoms with E-state index in [2.05, 4.69) is 9.62 Å². The number of nitrogens with zero attached hydrogens (tertiary/aromatic N) is 1. The third kappa shape index (κ3) is 4.81. The van der Waals surface area contributed by atoms with E-state index >= 15 is 0 Å². The Labute approximate surface area is 148 Å². The van der Waals surface area contributed by atoms with Crippen LogP contribution in [0.15, 0.2) is 17.0 Å². The largest absolute Gasteiger partial charge is 0.383 e. The first-order valence-corrected chi connectivity index (χ1v) is 9.74. The van der Waals surface area contributed by atoms with Gasteiger partial charge in [-0.15, -0.1) is 0 Å². The minimum atomic E-state index is -3.64. The van der Waals surface area contributed by atoms with Gasteiger partial charge in [-0.05, 0) is 43.5 Å². The van der Waals surface area contributed by atoms with Gasteiger partial charge < -0.3 is 9.64 Å². The number of nitrogens with one attached hydrogen (secondary N) is 1. The number of methoxy groups -OCH3 is 1. The van der Waals surface area contributed by atoms with E-state index in [0.29, 0.717) is 29.7 Å². The molecule has 5 nitrogen and oxygen atoms in total. The number of ether oxygens (including phenoxy) is 1. The lowest BCUT2D eigenvalue weighted by Crippen LogP contribution is -2.32. The van der Waals surface area contributed by atoms with Crippen molar-refractivity contribution in [3.8, 4) is 0 Å². The quantitative estimate of drug-likeness (QED) is 0.789. The summed E-state index contributed by atoms with van der Waals surface area (Å²) in [6, 6.07) is 3.00. The average molecular weight is 381 g/mol. The van der Waals surface area contributed by atoms with Gasteiger partial charge in [0.25, 0.3) is 0 Å². The topological polar surface area (TPSA) is 58.6 Å². The third-order valence-corrected chi connectivity index (χ3v) is 6.59. The molecule has 1 atom stereocenters. The van der Waals surface area contributed by atoms with Crippen LogP contribution in [-0.2, 0) is 14.8 Å². The second-order valence-corrected chi connectivity index (χ2v) is 8.31. The summed E-state index contributed by atoms with van der Waals surface area (Å²) in [5, 5.41) is 0.636. The first-order chi connectivity index (χ1) is 10.8. The molecule has 1 unspecified atom stereocenters. The van der Waals surface area contributed by atoms with Crippen LogP contribution in [0.1, 0.15) is 12.0 Å². The lowest BCUT2D eigenvalue weighted by molar-refractivity contribution is 0.159. The minimum Gasteiger partial charge on any atom is -0.383 e. The first-order valence-electron chi connectivity index (χ1n) is 7.50. The molecule has 1 aromatic rings. The Balaban J connectivity index is 1.97. The van der Waals surface area contributed by atoms with Crippen molar-refractivity contribution in [1.29, 1.82) is 0 Å². The van der Waals surface area contributed by atoms with Crippen LogP contribution >= 0.6 is 23.2 Å². The number of halogens is 2. The highest BCUT2D eigenvalue weighted by atomic mass is 35.5. The Morgan fingerprint density at radius 2 is 2.13 bits per heavy atom. The Morgan fingerprint density at radius 3 is 2.83 bits per heavy atom. The van der Waals surface area contributed by atoms with Gasteiger partial charge in [0.1, 0.15) is 4.90 Å². The van der Waals surface area contributed by atoms with Gasteiger partial charge in [-0.2, -0.15) is 0 Å². The fourth-order valence-corrected chi connectivity index (χ4v) is 4.57. The van der Waals surface area contributed by atoms with Gasteiger partial charge in [0.05, 0.1) is 11.6 Å². The van der Waals surface area contributed by atoms with Crippen molar-refractivity contribution in [1.82, 2.24) is 9.62 Å². The molecule has 0 radical (unpaired) electrons. The van der Waals surface area contributed by atoms with Gasteiger partial charge in [0.2, 0.25) is 10.0 Å². The number of rotatable bonds is 7. The number of hydrogen-bond acceptors (Lipinski definition) is 4. The van der Waals surface area contributed by atoms with E-state index in [1.165, 1.54) is 6.07 Å². The molecule has 0 bridgehead atoms. The summed E-state index contributed by atoms with van der Waals surface area (Å²) in [4.78, 5) is 2.36. The van der Waals surface area contributed by atoms with Crippen LogP contribution in [0.25, 0.3) is 0 Å². The zero-order valence-electron chi connectivity index (χ0n) is 13.3. The molecule has 1 aliphatic heterocycles. The molecule has 23 heavy (non-hydrogen) atoms. The summed E-state index contributed by atoms with van der Waals surface area (Å²) < 4.78 is 32.6. The molecule has 1 heterocycles. The van der Waals surface area contributed by atoms with Crippen LogP contribution in [0.4, 0.5) is 0 Å². The zero-order chi connectivity index (χ0) is 17.0. The van der Waals surface area contributed by atoms with Gasteiger partial charge in [-0.25, -0.2) is 13.1 Å². The van der Waals surface area contributed by atoms with Gasteiger partial charge in [-0.1, -0.05) is 23.2 Å². The maximum Gasteiger partial charge on any atom is 0.242 e. The monoisotopic (exact) mass is 380 g/mol. The number of likely N-dealkylation sites (tertiary alicyclic amines) is 1. The van der Waals surface area contributed by atoms with Crippen molar-refractivity contribution in [3.05, 3.63) is 27.7 Å². The lowest BCUT2D eigenvalue weighted by atomic mass is 10.1. The summed E-state index contributed by atoms with van der Waals surface area (Å²) in [5.41, 5.74) is 0.572. The summed E-state index contributed by atoms with van der Waals surface area (Å²) in [5.74, 6) is 0.300. The highest BCUT2D eigenvalue weighted by Gasteiger charge is 2.25. The standard InChI is InChI=1S/C15H22Cl2N2O3S/c1-11-13(16)3-4-14(15(11)17)23(20,21)18-9-12-5-6-19(10-12)7-8-22-2/h3-4,12,18H,5-10H2,1-2H3. The van der Waals surface area contributed by atoms with Crippen LogP contribution in [0.2, 0.25) is 10.0 Å². The van der Waals surface area contributed by atoms with E-state index in [1.54, 1.807) is 20.1 Å². The highest BCUT2D eigenvalue weighted by Crippen LogP contribution is 2.30. The van der Waals surface area contributed by atoms with Gasteiger partial charge >= 0.3 is 0 Å². The molecule has 0 aromatic heterocycles. The molecular weight excluding hydrogens is 359 g/mol. The molecule has 0 spiro atoms. The Morgan fingerprint density at radius 1 is 1.39 bits per heavy atom. The first kappa shape index (κ1) is 19.0. The van der Waals surface area contributed by atoms with E-state index < -0.39 is 10.0 Å². The van der Waals surface area contributed by atoms with Crippen LogP contribution in [-0.4, -0.2) is 53.2 Å². The van der Waals surface area contributed by atoms with Crippen molar-refractivity contribution < 1.29 is 13.2 Å². The van der Waals surface area contributed by atoms with E-state index in [-0.39, 0.29) is 9.92 Å². The zero-order valence-corrected chi connectivity index (χ0v) is 15.6. The van der Waals surface area contributed by atoms with Crippen molar-refractivity contribution >= 4 is 33.2 Å². The van der Waals surface area contributed by atoms with Gasteiger partial charge in [0, 0.05) is 31.8 Å². The number of sulfonamides is 1. The van der Waals surface area contributed by atoms with E-state index in [9.17, 15) is 8.42 Å². The van der Waals surface area contributed by atoms with E-state index in [4.69, 9.17) is 27.9 Å². The van der Waals surface area contributed by atoms with Crippen molar-refractivity contribution in [2.45, 2.75) is 18.2 Å². The molecule has 2 rings (SSSR count). The minimum absolute atomic E-state index is 0.0790. The van der Waals surface area contributed by atoms with E-state index in [0.717, 1.165) is 26.1 Å². The molecule has 0 amide bonds. The molecule has 1 saturated heterocycles. The second kappa shape index (κ2) is 8.14. The summed E-state index contributed by atoms with van der Waals surface area (Å²) in [6.07, 6.45) is 0.972. The maximum absolute atomic E-state index is 12.5. The Kier molecular flexibility index (Phi) is 6.71. The molecule has 8 heteroatoms. The molecule has 0 saturated carbocycles. The van der Waals surface area contributed by atoms with Crippen molar-refractivity contribution in [2.24, 2.45) is 5.92 Å². The molecular formula is C15H22Cl2N2O3S. The number of benzene rings is 1. The average Bonchev–Trinajstić information content (AvgIpc) is 2.96. The predicted octanol–water partition coefficient (Wildman–Crippen LogP) is 2.55. The molecule has 1 N–H and O–H groups in total. The Hall–Kier alpha value is -0.370. The molecule has 0 aliphatic carbocycles. The normalized spacial score (nSPS) is 19.4. The number of hydrogen-bond donors (Lipinski definition) is 1. The lowest BCUT2D eigenvalue weighted by Gasteiger charge is -2.16. The van der Waals surface area contributed by atoms with Crippen LogP contribution in [0.5, 0.6) is 0 Å². The van der Waals surface area contributed by atoms with Crippen molar-refractivity contribution in [3.63, 3.8) is 0 Å². The summed E-state index contributed by atoms with van der Waals surface area (Å²) in [6.45, 7) is 5.52. The van der Waals surface area contributed by atoms with E-state index in [1.807, 2.05) is 0 Å².